The van der Waals surface area contributed by atoms with Gasteiger partial charge in [0.1, 0.15) is 16.7 Å². The predicted molar refractivity (Wildman–Crippen MR) is 41.9 cm³/mol. The van der Waals surface area contributed by atoms with Gasteiger partial charge in [-0.1, -0.05) is 12.8 Å². The van der Waals surface area contributed by atoms with Crippen molar-refractivity contribution in [1.29, 1.82) is 5.53 Å². The van der Waals surface area contributed by atoms with Crippen LogP contribution in [0.1, 0.15) is 25.7 Å². The number of rotatable bonds is 2. The molecule has 0 bridgehead atoms. The smallest absolute Gasteiger partial charge is 0.214 e. The molecular formula is C7H12N4O2. The Balaban J connectivity index is 2.55. The van der Waals surface area contributed by atoms with Gasteiger partial charge in [0.2, 0.25) is 4.91 Å². The lowest BCUT2D eigenvalue weighted by atomic mass is 9.91. The van der Waals surface area contributed by atoms with E-state index in [-0.39, 0.29) is 12.1 Å². The Morgan fingerprint density at radius 1 is 1.54 bits per heavy atom. The van der Waals surface area contributed by atoms with Gasteiger partial charge in [0, 0.05) is 0 Å². The Morgan fingerprint density at radius 3 is 2.85 bits per heavy atom. The summed E-state index contributed by atoms with van der Waals surface area (Å²) in [6.07, 6.45) is 2.24. The molecule has 0 spiro atoms. The van der Waals surface area contributed by atoms with E-state index in [1.54, 1.807) is 0 Å². The van der Waals surface area contributed by atoms with Gasteiger partial charge in [0.05, 0.1) is 6.04 Å². The summed E-state index contributed by atoms with van der Waals surface area (Å²) in [5, 5.41) is 16.2. The van der Waals surface area contributed by atoms with Crippen molar-refractivity contribution < 1.29 is 9.90 Å². The molecule has 1 fully saturated rings. The van der Waals surface area contributed by atoms with Crippen molar-refractivity contribution in [2.24, 2.45) is 5.11 Å². The zero-order valence-corrected chi connectivity index (χ0v) is 7.19. The number of hydrogen-bond acceptors (Lipinski definition) is 4. The summed E-state index contributed by atoms with van der Waals surface area (Å²) in [4.78, 5) is 13.2. The van der Waals surface area contributed by atoms with Crippen molar-refractivity contribution >= 4 is 6.09 Å². The number of nitrogens with zero attached hydrogens (tertiary/aromatic N) is 2. The van der Waals surface area contributed by atoms with Crippen LogP contribution in [0.25, 0.3) is 0 Å². The van der Waals surface area contributed by atoms with Gasteiger partial charge in [0.25, 0.3) is 0 Å². The first-order valence-corrected chi connectivity index (χ1v) is 4.28. The highest BCUT2D eigenvalue weighted by Gasteiger charge is 2.28. The van der Waals surface area contributed by atoms with E-state index in [0.717, 1.165) is 25.7 Å². The minimum Gasteiger partial charge on any atom is -0.530 e. The summed E-state index contributed by atoms with van der Waals surface area (Å²) < 4.78 is 0. The maximum Gasteiger partial charge on any atom is 0.214 e. The molecule has 0 saturated heterocycles. The van der Waals surface area contributed by atoms with Crippen molar-refractivity contribution in [3.63, 3.8) is 0 Å². The number of hydrogen-bond donors (Lipinski definition) is 2. The molecule has 0 unspecified atom stereocenters. The van der Waals surface area contributed by atoms with E-state index in [0.29, 0.717) is 0 Å². The first-order chi connectivity index (χ1) is 6.24. The zero-order valence-electron chi connectivity index (χ0n) is 7.19. The predicted octanol–water partition coefficient (Wildman–Crippen LogP) is -0.219. The normalized spacial score (nSPS) is 27.4. The highest BCUT2D eigenvalue weighted by atomic mass is 16.4. The number of amides is 1. The van der Waals surface area contributed by atoms with Gasteiger partial charge in [-0.15, -0.1) is 0 Å². The molecule has 6 nitrogen and oxygen atoms in total. The quantitative estimate of drug-likeness (QED) is 0.457. The number of nitrogens with one attached hydrogen (secondary N) is 2. The van der Waals surface area contributed by atoms with E-state index >= 15 is 0 Å². The highest BCUT2D eigenvalue weighted by molar-refractivity contribution is 5.62. The molecule has 0 aromatic rings. The lowest BCUT2D eigenvalue weighted by molar-refractivity contribution is -0.252. The molecular weight excluding hydrogens is 172 g/mol. The standard InChI is InChI=1S/C7H12N4O2/c8-11-10-6-4-2-1-3-5(6)9-7(12)13/h5-6,8-9H,1-4H2/t5-,6+/m1/s1. The monoisotopic (exact) mass is 184 g/mol. The van der Waals surface area contributed by atoms with Crippen LogP contribution in [-0.4, -0.2) is 18.2 Å². The Labute approximate surface area is 75.6 Å². The van der Waals surface area contributed by atoms with E-state index in [1.165, 1.54) is 0 Å². The molecule has 6 heteroatoms. The average molecular weight is 184 g/mol. The van der Waals surface area contributed by atoms with Crippen LogP contribution in [0.15, 0.2) is 5.11 Å². The van der Waals surface area contributed by atoms with E-state index in [9.17, 15) is 9.90 Å². The van der Waals surface area contributed by atoms with Crippen LogP contribution < -0.4 is 15.3 Å². The largest absolute Gasteiger partial charge is 0.530 e. The summed E-state index contributed by atoms with van der Waals surface area (Å²) in [6.45, 7) is 0. The van der Waals surface area contributed by atoms with Crippen molar-refractivity contribution in [3.05, 3.63) is 0 Å². The van der Waals surface area contributed by atoms with E-state index in [2.05, 4.69) is 15.3 Å². The third-order valence-electron chi connectivity index (χ3n) is 2.24. The Bertz CT molecular complexity index is 237. The molecule has 1 rings (SSSR count). The Hall–Kier alpha value is -1.42. The van der Waals surface area contributed by atoms with E-state index in [4.69, 9.17) is 5.53 Å². The molecule has 0 aromatic carbocycles. The molecule has 1 saturated carbocycles. The van der Waals surface area contributed by atoms with Gasteiger partial charge in [-0.2, -0.15) is 0 Å². The number of carbonyl (C=O) groups excluding carboxylic acids is 1. The summed E-state index contributed by atoms with van der Waals surface area (Å²) in [5.41, 5.74) is 6.58. The van der Waals surface area contributed by atoms with Crippen LogP contribution in [0.5, 0.6) is 0 Å². The Morgan fingerprint density at radius 2 is 2.23 bits per heavy atom. The summed E-state index contributed by atoms with van der Waals surface area (Å²) in [6, 6.07) is -0.419. The van der Waals surface area contributed by atoms with Crippen LogP contribution >= 0.6 is 0 Å². The highest BCUT2D eigenvalue weighted by Crippen LogP contribution is 2.20. The third-order valence-corrected chi connectivity index (χ3v) is 2.24. The molecule has 1 aliphatic rings. The van der Waals surface area contributed by atoms with Gasteiger partial charge in [-0.25, -0.2) is 0 Å². The van der Waals surface area contributed by atoms with E-state index in [1.807, 2.05) is 0 Å². The second kappa shape index (κ2) is 4.57. The molecule has 2 N–H and O–H groups in total. The minimum atomic E-state index is -1.28. The van der Waals surface area contributed by atoms with Crippen LogP contribution in [0.3, 0.4) is 0 Å². The second-order valence-corrected chi connectivity index (χ2v) is 3.11. The van der Waals surface area contributed by atoms with Crippen LogP contribution in [0.4, 0.5) is 4.79 Å². The van der Waals surface area contributed by atoms with E-state index < -0.39 is 6.09 Å². The maximum absolute atomic E-state index is 10.3. The SMILES string of the molecule is N=[N+]=N[C@H]1CCCC[C@H]1NC(=O)[O-]. The Kier molecular flexibility index (Phi) is 3.40. The fraction of sp³-hybridized carbons (Fsp3) is 0.857. The van der Waals surface area contributed by atoms with Gasteiger partial charge < -0.3 is 15.2 Å². The zero-order chi connectivity index (χ0) is 9.68. The maximum atomic E-state index is 10.3. The molecule has 0 aliphatic heterocycles. The number of carboxylic acid groups (broad SMARTS) is 1. The first-order valence-electron chi connectivity index (χ1n) is 4.28. The lowest BCUT2D eigenvalue weighted by Crippen LogP contribution is -2.49. The summed E-state index contributed by atoms with van der Waals surface area (Å²) >= 11 is 0. The van der Waals surface area contributed by atoms with Crippen LogP contribution in [0.2, 0.25) is 0 Å². The van der Waals surface area contributed by atoms with Gasteiger partial charge in [-0.3, -0.25) is 0 Å². The molecule has 0 radical (unpaired) electrons. The summed E-state index contributed by atoms with van der Waals surface area (Å²) in [7, 11) is 0. The number of carbonyl (C=O) groups is 1. The van der Waals surface area contributed by atoms with Gasteiger partial charge >= 0.3 is 0 Å². The van der Waals surface area contributed by atoms with Crippen LogP contribution in [-0.2, 0) is 0 Å². The molecule has 72 valence electrons. The molecule has 0 aromatic heterocycles. The average Bonchev–Trinajstić information content (AvgIpc) is 2.08. The van der Waals surface area contributed by atoms with Crippen molar-refractivity contribution in [3.8, 4) is 0 Å². The van der Waals surface area contributed by atoms with Gasteiger partial charge in [-0.05, 0) is 12.8 Å². The minimum absolute atomic E-state index is 0.191. The van der Waals surface area contributed by atoms with Gasteiger partial charge in [0.15, 0.2) is 6.04 Å². The molecule has 1 aliphatic carbocycles. The third kappa shape index (κ3) is 2.83. The molecule has 2 atom stereocenters. The van der Waals surface area contributed by atoms with Crippen molar-refractivity contribution in [1.82, 2.24) is 10.2 Å². The first kappa shape index (κ1) is 9.67. The molecule has 1 amide bonds. The van der Waals surface area contributed by atoms with Crippen molar-refractivity contribution in [2.45, 2.75) is 37.8 Å². The van der Waals surface area contributed by atoms with Crippen molar-refractivity contribution in [2.75, 3.05) is 0 Å². The second-order valence-electron chi connectivity index (χ2n) is 3.11. The fourth-order valence-corrected chi connectivity index (χ4v) is 1.64. The molecule has 0 heterocycles. The molecule has 13 heavy (non-hydrogen) atoms. The van der Waals surface area contributed by atoms with Crippen LogP contribution in [0, 0.1) is 5.53 Å². The lowest BCUT2D eigenvalue weighted by Gasteiger charge is -2.26. The topological polar surface area (TPSA) is 102 Å². The summed E-state index contributed by atoms with van der Waals surface area (Å²) in [5.74, 6) is 0. The fourth-order valence-electron chi connectivity index (χ4n) is 1.64.